The van der Waals surface area contributed by atoms with Crippen LogP contribution in [-0.2, 0) is 11.8 Å². The van der Waals surface area contributed by atoms with E-state index < -0.39 is 0 Å². The van der Waals surface area contributed by atoms with Gasteiger partial charge in [0, 0.05) is 31.4 Å². The van der Waals surface area contributed by atoms with E-state index in [4.69, 9.17) is 4.74 Å². The Morgan fingerprint density at radius 2 is 1.86 bits per heavy atom. The van der Waals surface area contributed by atoms with Crippen molar-refractivity contribution in [3.8, 4) is 5.75 Å². The second-order valence-electron chi connectivity index (χ2n) is 7.12. The van der Waals surface area contributed by atoms with E-state index in [-0.39, 0.29) is 30.4 Å². The fraction of sp³-hybridized carbons (Fsp3) is 0.524. The van der Waals surface area contributed by atoms with E-state index in [0.29, 0.717) is 23.9 Å². The van der Waals surface area contributed by atoms with Gasteiger partial charge in [-0.05, 0) is 30.7 Å². The molecule has 152 valence electrons. The molecule has 0 fully saturated rings. The zero-order valence-corrected chi connectivity index (χ0v) is 17.2. The normalized spacial score (nSPS) is 10.9. The van der Waals surface area contributed by atoms with E-state index in [0.717, 1.165) is 25.0 Å². The molecule has 0 bridgehead atoms. The number of benzene rings is 1. The second kappa shape index (κ2) is 10.6. The van der Waals surface area contributed by atoms with E-state index in [9.17, 15) is 9.59 Å². The number of amides is 1. The minimum absolute atomic E-state index is 0.0754. The molecular weight excluding hydrogens is 356 g/mol. The molecule has 0 aliphatic rings. The number of ketones is 1. The fourth-order valence-corrected chi connectivity index (χ4v) is 2.60. The Labute approximate surface area is 166 Å². The lowest BCUT2D eigenvalue weighted by Crippen LogP contribution is -2.16. The zero-order chi connectivity index (χ0) is 20.5. The lowest BCUT2D eigenvalue weighted by molar-refractivity contribution is -0.116. The first-order valence-corrected chi connectivity index (χ1v) is 9.87. The Kier molecular flexibility index (Phi) is 8.17. The Bertz CT molecular complexity index is 781. The third-order valence-corrected chi connectivity index (χ3v) is 4.32. The monoisotopic (exact) mass is 386 g/mol. The molecule has 0 atom stereocenters. The van der Waals surface area contributed by atoms with Crippen LogP contribution in [0.15, 0.2) is 24.3 Å². The van der Waals surface area contributed by atoms with E-state index in [1.807, 2.05) is 13.8 Å². The third kappa shape index (κ3) is 6.48. The van der Waals surface area contributed by atoms with Gasteiger partial charge in [0.15, 0.2) is 11.6 Å². The van der Waals surface area contributed by atoms with E-state index >= 15 is 0 Å². The van der Waals surface area contributed by atoms with Gasteiger partial charge in [-0.15, -0.1) is 0 Å². The molecule has 1 N–H and O–H groups in total. The van der Waals surface area contributed by atoms with Gasteiger partial charge in [-0.3, -0.25) is 14.9 Å². The second-order valence-corrected chi connectivity index (χ2v) is 7.12. The summed E-state index contributed by atoms with van der Waals surface area (Å²) in [4.78, 5) is 28.8. The van der Waals surface area contributed by atoms with Crippen molar-refractivity contribution in [2.24, 2.45) is 7.05 Å². The molecule has 1 heterocycles. The predicted octanol–water partition coefficient (Wildman–Crippen LogP) is 4.11. The van der Waals surface area contributed by atoms with Gasteiger partial charge in [0.05, 0.1) is 6.61 Å². The summed E-state index contributed by atoms with van der Waals surface area (Å²) in [6.07, 6.45) is 3.55. The minimum Gasteiger partial charge on any atom is -0.494 e. The molecular formula is C21H30N4O3. The highest BCUT2D eigenvalue weighted by atomic mass is 16.5. The Morgan fingerprint density at radius 1 is 1.14 bits per heavy atom. The fourth-order valence-electron chi connectivity index (χ4n) is 2.60. The largest absolute Gasteiger partial charge is 0.494 e. The molecule has 1 aromatic heterocycles. The third-order valence-electron chi connectivity index (χ3n) is 4.32. The summed E-state index contributed by atoms with van der Waals surface area (Å²) >= 11 is 0. The van der Waals surface area contributed by atoms with Crippen LogP contribution in [-0.4, -0.2) is 33.1 Å². The van der Waals surface area contributed by atoms with Crippen LogP contribution in [0.5, 0.6) is 5.75 Å². The topological polar surface area (TPSA) is 86.1 Å². The van der Waals surface area contributed by atoms with Gasteiger partial charge in [0.1, 0.15) is 5.75 Å². The first-order chi connectivity index (χ1) is 13.4. The van der Waals surface area contributed by atoms with Crippen molar-refractivity contribution in [1.82, 2.24) is 14.8 Å². The lowest BCUT2D eigenvalue weighted by Gasteiger charge is -2.07. The molecule has 28 heavy (non-hydrogen) atoms. The van der Waals surface area contributed by atoms with Crippen LogP contribution in [0.1, 0.15) is 75.0 Å². The van der Waals surface area contributed by atoms with Crippen LogP contribution in [0.4, 0.5) is 5.95 Å². The molecule has 2 aromatic rings. The van der Waals surface area contributed by atoms with Gasteiger partial charge in [0.25, 0.3) is 0 Å². The molecule has 2 rings (SSSR count). The smallest absolute Gasteiger partial charge is 0.227 e. The first kappa shape index (κ1) is 21.6. The van der Waals surface area contributed by atoms with Crippen LogP contribution in [0, 0.1) is 0 Å². The maximum absolute atomic E-state index is 12.3. The number of rotatable bonds is 11. The number of hydrogen-bond acceptors (Lipinski definition) is 5. The first-order valence-electron chi connectivity index (χ1n) is 9.87. The van der Waals surface area contributed by atoms with Gasteiger partial charge >= 0.3 is 0 Å². The van der Waals surface area contributed by atoms with Crippen molar-refractivity contribution >= 4 is 17.6 Å². The van der Waals surface area contributed by atoms with Crippen molar-refractivity contribution < 1.29 is 14.3 Å². The van der Waals surface area contributed by atoms with Gasteiger partial charge in [-0.25, -0.2) is 4.68 Å². The van der Waals surface area contributed by atoms with E-state index in [1.54, 1.807) is 31.3 Å². The Balaban J connectivity index is 1.80. The zero-order valence-electron chi connectivity index (χ0n) is 17.2. The molecule has 0 unspecified atom stereocenters. The number of carbonyl (C=O) groups excluding carboxylic acids is 2. The Hall–Kier alpha value is -2.70. The minimum atomic E-state index is -0.255. The molecule has 1 amide bonds. The highest BCUT2D eigenvalue weighted by molar-refractivity contribution is 5.99. The van der Waals surface area contributed by atoms with Crippen molar-refractivity contribution in [2.45, 2.75) is 58.8 Å². The highest BCUT2D eigenvalue weighted by Gasteiger charge is 2.14. The molecule has 1 aromatic carbocycles. The number of carbonyl (C=O) groups is 2. The summed E-state index contributed by atoms with van der Waals surface area (Å²) in [5, 5.41) is 6.97. The average molecular weight is 386 g/mol. The quantitative estimate of drug-likeness (QED) is 0.464. The number of Topliss-reactive ketones (excluding diaryl/α,β-unsaturated/α-hetero) is 1. The summed E-state index contributed by atoms with van der Waals surface area (Å²) < 4.78 is 7.18. The molecule has 7 nitrogen and oxygen atoms in total. The molecule has 0 radical (unpaired) electrons. The molecule has 0 saturated heterocycles. The number of nitrogens with zero attached hydrogens (tertiary/aromatic N) is 3. The summed E-state index contributed by atoms with van der Waals surface area (Å²) in [6, 6.07) is 7.08. The summed E-state index contributed by atoms with van der Waals surface area (Å²) in [5.41, 5.74) is 0.578. The lowest BCUT2D eigenvalue weighted by atomic mass is 10.1. The number of aromatic nitrogens is 3. The number of nitrogens with one attached hydrogen (secondary N) is 1. The van der Waals surface area contributed by atoms with Gasteiger partial charge < -0.3 is 4.74 Å². The number of anilines is 1. The van der Waals surface area contributed by atoms with Crippen molar-refractivity contribution in [1.29, 1.82) is 0 Å². The number of ether oxygens (including phenoxy) is 1. The van der Waals surface area contributed by atoms with Gasteiger partial charge in [0.2, 0.25) is 11.9 Å². The molecule has 0 aliphatic heterocycles. The van der Waals surface area contributed by atoms with Crippen molar-refractivity contribution in [3.63, 3.8) is 0 Å². The molecule has 0 spiro atoms. The summed E-state index contributed by atoms with van der Waals surface area (Å²) in [6.45, 7) is 6.81. The number of aryl methyl sites for hydroxylation is 1. The maximum Gasteiger partial charge on any atom is 0.227 e. The van der Waals surface area contributed by atoms with Crippen LogP contribution in [0.3, 0.4) is 0 Å². The van der Waals surface area contributed by atoms with Crippen LogP contribution in [0.2, 0.25) is 0 Å². The van der Waals surface area contributed by atoms with Crippen LogP contribution in [0.25, 0.3) is 0 Å². The highest BCUT2D eigenvalue weighted by Crippen LogP contribution is 2.16. The van der Waals surface area contributed by atoms with E-state index in [2.05, 4.69) is 22.3 Å². The Morgan fingerprint density at radius 3 is 2.46 bits per heavy atom. The van der Waals surface area contributed by atoms with E-state index in [1.165, 1.54) is 4.68 Å². The van der Waals surface area contributed by atoms with Crippen molar-refractivity contribution in [2.75, 3.05) is 11.9 Å². The molecule has 0 saturated carbocycles. The van der Waals surface area contributed by atoms with Crippen LogP contribution < -0.4 is 10.1 Å². The maximum atomic E-state index is 12.3. The van der Waals surface area contributed by atoms with Gasteiger partial charge in [-0.2, -0.15) is 10.1 Å². The number of hydrogen-bond donors (Lipinski definition) is 1. The standard InChI is InChI=1S/C21H30N4O3/c1-5-6-7-14-28-17-10-8-16(9-11-17)18(26)12-13-19(27)22-21-23-20(15(2)3)24-25(21)4/h8-11,15H,5-7,12-14H2,1-4H3,(H,22,23,24,27). The number of unbranched alkanes of at least 4 members (excludes halogenated alkanes) is 2. The molecule has 7 heteroatoms. The molecule has 0 aliphatic carbocycles. The summed E-state index contributed by atoms with van der Waals surface area (Å²) in [7, 11) is 1.73. The van der Waals surface area contributed by atoms with Crippen molar-refractivity contribution in [3.05, 3.63) is 35.7 Å². The average Bonchev–Trinajstić information content (AvgIpc) is 3.04. The van der Waals surface area contributed by atoms with Crippen LogP contribution >= 0.6 is 0 Å². The summed E-state index contributed by atoms with van der Waals surface area (Å²) in [5.74, 6) is 1.67. The van der Waals surface area contributed by atoms with Gasteiger partial charge in [-0.1, -0.05) is 33.6 Å². The SMILES string of the molecule is CCCCCOc1ccc(C(=O)CCC(=O)Nc2nc(C(C)C)nn2C)cc1. The predicted molar refractivity (Wildman–Crippen MR) is 109 cm³/mol.